The molecular formula is C24H29NO4. The Morgan fingerprint density at radius 1 is 1.10 bits per heavy atom. The van der Waals surface area contributed by atoms with E-state index in [0.717, 1.165) is 37.8 Å². The molecule has 0 aromatic heterocycles. The van der Waals surface area contributed by atoms with E-state index in [1.165, 1.54) is 6.42 Å². The summed E-state index contributed by atoms with van der Waals surface area (Å²) in [6.45, 7) is 0.752. The number of hydrogen-bond donors (Lipinski definition) is 1. The zero-order valence-electron chi connectivity index (χ0n) is 17.1. The van der Waals surface area contributed by atoms with Crippen molar-refractivity contribution in [1.29, 1.82) is 0 Å². The van der Waals surface area contributed by atoms with Gasteiger partial charge < -0.3 is 14.7 Å². The molecule has 0 heterocycles. The van der Waals surface area contributed by atoms with Crippen molar-refractivity contribution in [3.8, 4) is 5.75 Å². The van der Waals surface area contributed by atoms with Crippen LogP contribution in [0, 0.1) is 0 Å². The van der Waals surface area contributed by atoms with Crippen molar-refractivity contribution < 1.29 is 19.4 Å². The van der Waals surface area contributed by atoms with E-state index in [0.29, 0.717) is 17.6 Å². The first kappa shape index (κ1) is 21.2. The Morgan fingerprint density at radius 3 is 2.38 bits per heavy atom. The number of carbonyl (C=O) groups excluding carboxylic acids is 2. The summed E-state index contributed by atoms with van der Waals surface area (Å²) in [4.78, 5) is 25.7. The number of ether oxygens (including phenoxy) is 1. The highest BCUT2D eigenvalue weighted by Gasteiger charge is 2.38. The third-order valence-electron chi connectivity index (χ3n) is 5.72. The van der Waals surface area contributed by atoms with E-state index >= 15 is 0 Å². The molecule has 5 heteroatoms. The third-order valence-corrected chi connectivity index (χ3v) is 5.72. The smallest absolute Gasteiger partial charge is 0.344 e. The lowest BCUT2D eigenvalue weighted by Gasteiger charge is -2.40. The highest BCUT2D eigenvalue weighted by molar-refractivity contribution is 5.99. The molecule has 29 heavy (non-hydrogen) atoms. The van der Waals surface area contributed by atoms with Crippen LogP contribution in [0.4, 0.5) is 0 Å². The summed E-state index contributed by atoms with van der Waals surface area (Å²) in [5.41, 5.74) is 0.883. The van der Waals surface area contributed by atoms with Gasteiger partial charge in [0.05, 0.1) is 11.2 Å². The molecule has 154 valence electrons. The second kappa shape index (κ2) is 9.33. The lowest BCUT2D eigenvalue weighted by Crippen LogP contribution is -2.42. The van der Waals surface area contributed by atoms with Crippen LogP contribution in [0.3, 0.4) is 0 Å². The summed E-state index contributed by atoms with van der Waals surface area (Å²) >= 11 is 0. The second-order valence-electron chi connectivity index (χ2n) is 8.14. The van der Waals surface area contributed by atoms with Gasteiger partial charge in [0.15, 0.2) is 6.29 Å². The van der Waals surface area contributed by atoms with Crippen molar-refractivity contribution in [1.82, 2.24) is 4.90 Å². The standard InChI is InChI=1S/C24H29NO4/c1-25(2)16-22(24(28)14-6-3-7-15-24)18-10-12-20(13-11-18)29-23(27)21-9-5-4-8-19(21)17-26/h4-5,8-13,17,22,28H,3,6-7,14-16H2,1-2H3. The zero-order valence-corrected chi connectivity index (χ0v) is 17.1. The van der Waals surface area contributed by atoms with Crippen molar-refractivity contribution >= 4 is 12.3 Å². The maximum atomic E-state index is 12.4. The molecule has 5 nitrogen and oxygen atoms in total. The quantitative estimate of drug-likeness (QED) is 0.435. The monoisotopic (exact) mass is 395 g/mol. The molecule has 0 aliphatic heterocycles. The lowest BCUT2D eigenvalue weighted by molar-refractivity contribution is -0.0277. The summed E-state index contributed by atoms with van der Waals surface area (Å²) in [7, 11) is 4.03. The van der Waals surface area contributed by atoms with E-state index in [9.17, 15) is 14.7 Å². The molecule has 0 bridgehead atoms. The van der Waals surface area contributed by atoms with Gasteiger partial charge in [-0.05, 0) is 50.7 Å². The molecule has 2 aromatic carbocycles. The Morgan fingerprint density at radius 2 is 1.76 bits per heavy atom. The predicted octanol–water partition coefficient (Wildman–Crippen LogP) is 4.06. The van der Waals surface area contributed by atoms with Crippen molar-refractivity contribution in [3.63, 3.8) is 0 Å². The molecule has 3 rings (SSSR count). The maximum absolute atomic E-state index is 12.4. The predicted molar refractivity (Wildman–Crippen MR) is 113 cm³/mol. The van der Waals surface area contributed by atoms with Gasteiger partial charge in [0.25, 0.3) is 0 Å². The third kappa shape index (κ3) is 5.11. The second-order valence-corrected chi connectivity index (χ2v) is 8.14. The highest BCUT2D eigenvalue weighted by atomic mass is 16.5. The Labute approximate surface area is 172 Å². The van der Waals surface area contributed by atoms with E-state index in [-0.39, 0.29) is 11.5 Å². The first-order valence-corrected chi connectivity index (χ1v) is 10.2. The van der Waals surface area contributed by atoms with E-state index < -0.39 is 11.6 Å². The van der Waals surface area contributed by atoms with Crippen LogP contribution >= 0.6 is 0 Å². The number of carbonyl (C=O) groups is 2. The Kier molecular flexibility index (Phi) is 6.83. The maximum Gasteiger partial charge on any atom is 0.344 e. The van der Waals surface area contributed by atoms with E-state index in [1.54, 1.807) is 36.4 Å². The normalized spacial score (nSPS) is 17.0. The van der Waals surface area contributed by atoms with Gasteiger partial charge >= 0.3 is 5.97 Å². The molecule has 0 saturated heterocycles. The Bertz CT molecular complexity index is 838. The minimum Gasteiger partial charge on any atom is -0.423 e. The molecule has 1 atom stereocenters. The molecule has 1 aliphatic rings. The molecule has 0 amide bonds. The average Bonchev–Trinajstić information content (AvgIpc) is 2.73. The SMILES string of the molecule is CN(C)CC(c1ccc(OC(=O)c2ccccc2C=O)cc1)C1(O)CCCCC1. The van der Waals surface area contributed by atoms with Gasteiger partial charge in [0.1, 0.15) is 5.75 Å². The van der Waals surface area contributed by atoms with Gasteiger partial charge in [-0.1, -0.05) is 49.6 Å². The number of nitrogens with zero attached hydrogens (tertiary/aromatic N) is 1. The molecular weight excluding hydrogens is 366 g/mol. The minimum atomic E-state index is -0.705. The first-order chi connectivity index (χ1) is 13.9. The molecule has 2 aromatic rings. The molecule has 1 N–H and O–H groups in total. The minimum absolute atomic E-state index is 0.00154. The van der Waals surface area contributed by atoms with Crippen molar-refractivity contribution in [2.75, 3.05) is 20.6 Å². The van der Waals surface area contributed by atoms with Crippen LogP contribution in [-0.2, 0) is 0 Å². The first-order valence-electron chi connectivity index (χ1n) is 10.2. The Hall–Kier alpha value is -2.50. The van der Waals surface area contributed by atoms with Crippen LogP contribution in [-0.4, -0.2) is 48.5 Å². The molecule has 1 unspecified atom stereocenters. The van der Waals surface area contributed by atoms with Gasteiger partial charge in [-0.2, -0.15) is 0 Å². The van der Waals surface area contributed by atoms with Crippen molar-refractivity contribution in [2.45, 2.75) is 43.6 Å². The lowest BCUT2D eigenvalue weighted by atomic mass is 9.72. The largest absolute Gasteiger partial charge is 0.423 e. The van der Waals surface area contributed by atoms with Crippen molar-refractivity contribution in [2.24, 2.45) is 0 Å². The van der Waals surface area contributed by atoms with Crippen LogP contribution in [0.15, 0.2) is 48.5 Å². The van der Waals surface area contributed by atoms with Gasteiger partial charge in [0.2, 0.25) is 0 Å². The number of esters is 1. The molecule has 0 spiro atoms. The van der Waals surface area contributed by atoms with E-state index in [2.05, 4.69) is 4.90 Å². The van der Waals surface area contributed by atoms with Gasteiger partial charge in [-0.3, -0.25) is 4.79 Å². The average molecular weight is 395 g/mol. The van der Waals surface area contributed by atoms with Crippen LogP contribution in [0.5, 0.6) is 5.75 Å². The number of benzene rings is 2. The van der Waals surface area contributed by atoms with Crippen LogP contribution in [0.1, 0.15) is 64.3 Å². The Balaban J connectivity index is 1.78. The topological polar surface area (TPSA) is 66.8 Å². The fourth-order valence-corrected chi connectivity index (χ4v) is 4.18. The summed E-state index contributed by atoms with van der Waals surface area (Å²) in [6, 6.07) is 13.9. The van der Waals surface area contributed by atoms with Crippen LogP contribution < -0.4 is 4.74 Å². The number of likely N-dealkylation sites (N-methyl/N-ethyl adjacent to an activating group) is 1. The summed E-state index contributed by atoms with van der Waals surface area (Å²) < 4.78 is 5.46. The van der Waals surface area contributed by atoms with Crippen molar-refractivity contribution in [3.05, 3.63) is 65.2 Å². The fraction of sp³-hybridized carbons (Fsp3) is 0.417. The van der Waals surface area contributed by atoms with Gasteiger partial charge in [-0.15, -0.1) is 0 Å². The summed E-state index contributed by atoms with van der Waals surface area (Å²) in [6.07, 6.45) is 5.54. The number of aldehydes is 1. The van der Waals surface area contributed by atoms with Crippen LogP contribution in [0.2, 0.25) is 0 Å². The summed E-state index contributed by atoms with van der Waals surface area (Å²) in [5.74, 6) is -0.145. The number of hydrogen-bond acceptors (Lipinski definition) is 5. The molecule has 1 saturated carbocycles. The van der Waals surface area contributed by atoms with Gasteiger partial charge in [0, 0.05) is 18.0 Å². The fourth-order valence-electron chi connectivity index (χ4n) is 4.18. The van der Waals surface area contributed by atoms with Gasteiger partial charge in [-0.25, -0.2) is 4.79 Å². The highest BCUT2D eigenvalue weighted by Crippen LogP contribution is 2.40. The number of aliphatic hydroxyl groups is 1. The number of rotatable bonds is 7. The zero-order chi connectivity index (χ0) is 20.9. The molecule has 0 radical (unpaired) electrons. The van der Waals surface area contributed by atoms with Crippen LogP contribution in [0.25, 0.3) is 0 Å². The van der Waals surface area contributed by atoms with E-state index in [1.807, 2.05) is 26.2 Å². The molecule has 1 fully saturated rings. The summed E-state index contributed by atoms with van der Waals surface area (Å²) in [5, 5.41) is 11.3. The molecule has 1 aliphatic carbocycles. The van der Waals surface area contributed by atoms with E-state index in [4.69, 9.17) is 4.74 Å².